The molecule has 3 unspecified atom stereocenters. The minimum absolute atomic E-state index is 0.0508. The van der Waals surface area contributed by atoms with Crippen molar-refractivity contribution in [3.63, 3.8) is 0 Å². The summed E-state index contributed by atoms with van der Waals surface area (Å²) in [6, 6.07) is 0. The molecule has 0 radical (unpaired) electrons. The number of imide groups is 1. The lowest BCUT2D eigenvalue weighted by Gasteiger charge is -2.35. The summed E-state index contributed by atoms with van der Waals surface area (Å²) in [5.41, 5.74) is 0. The minimum atomic E-state index is -0.444. The highest BCUT2D eigenvalue weighted by molar-refractivity contribution is 6.05. The summed E-state index contributed by atoms with van der Waals surface area (Å²) in [5, 5.41) is 0. The number of carbonyl (C=O) groups is 3. The van der Waals surface area contributed by atoms with Crippen LogP contribution in [-0.2, 0) is 19.1 Å². The first kappa shape index (κ1) is 22.2. The van der Waals surface area contributed by atoms with Gasteiger partial charge < -0.3 is 9.64 Å². The van der Waals surface area contributed by atoms with Gasteiger partial charge in [0.15, 0.2) is 0 Å². The molecule has 164 valence electrons. The zero-order valence-corrected chi connectivity index (χ0v) is 18.1. The molecule has 3 rings (SSSR count). The fourth-order valence-electron chi connectivity index (χ4n) is 4.83. The predicted molar refractivity (Wildman–Crippen MR) is 110 cm³/mol. The summed E-state index contributed by atoms with van der Waals surface area (Å²) in [4.78, 5) is 44.1. The number of nitrogens with zero attached hydrogens (tertiary/aromatic N) is 3. The van der Waals surface area contributed by atoms with Crippen LogP contribution < -0.4 is 0 Å². The van der Waals surface area contributed by atoms with Crippen molar-refractivity contribution < 1.29 is 19.1 Å². The van der Waals surface area contributed by atoms with Gasteiger partial charge in [-0.2, -0.15) is 0 Å². The number of ether oxygens (including phenoxy) is 1. The van der Waals surface area contributed by atoms with Gasteiger partial charge in [-0.15, -0.1) is 0 Å². The predicted octanol–water partition coefficient (Wildman–Crippen LogP) is 1.90. The van der Waals surface area contributed by atoms with Crippen molar-refractivity contribution in [2.24, 2.45) is 11.8 Å². The third-order valence-electron chi connectivity index (χ3n) is 6.66. The Morgan fingerprint density at radius 3 is 2.21 bits per heavy atom. The lowest BCUT2D eigenvalue weighted by Crippen LogP contribution is -2.50. The molecule has 2 aliphatic heterocycles. The third kappa shape index (κ3) is 5.79. The molecule has 7 nitrogen and oxygen atoms in total. The van der Waals surface area contributed by atoms with E-state index in [1.807, 2.05) is 0 Å². The van der Waals surface area contributed by atoms with Gasteiger partial charge >= 0.3 is 5.97 Å². The van der Waals surface area contributed by atoms with Crippen molar-refractivity contribution in [1.82, 2.24) is 14.7 Å². The molecule has 7 heteroatoms. The topological polar surface area (TPSA) is 70.2 Å². The van der Waals surface area contributed by atoms with E-state index < -0.39 is 6.10 Å². The SMILES string of the molecule is CCCCCC(=O)OC(CN1CCN(C)CC1)CN1C(=O)C2CCCCC2C1=O. The fourth-order valence-corrected chi connectivity index (χ4v) is 4.83. The van der Waals surface area contributed by atoms with Gasteiger partial charge in [0.2, 0.25) is 11.8 Å². The van der Waals surface area contributed by atoms with Gasteiger partial charge in [0, 0.05) is 39.1 Å². The number of likely N-dealkylation sites (N-methyl/N-ethyl adjacent to an activating group) is 1. The number of esters is 1. The Morgan fingerprint density at radius 2 is 1.62 bits per heavy atom. The number of hydrogen-bond donors (Lipinski definition) is 0. The molecule has 0 aromatic rings. The molecule has 2 saturated heterocycles. The second-order valence-corrected chi connectivity index (χ2v) is 8.96. The number of hydrogen-bond acceptors (Lipinski definition) is 6. The lowest BCUT2D eigenvalue weighted by molar-refractivity contribution is -0.155. The Balaban J connectivity index is 1.62. The molecular formula is C22H37N3O4. The van der Waals surface area contributed by atoms with Crippen molar-refractivity contribution in [3.8, 4) is 0 Å². The van der Waals surface area contributed by atoms with Crippen LogP contribution in [0, 0.1) is 11.8 Å². The number of amides is 2. The maximum Gasteiger partial charge on any atom is 0.306 e. The van der Waals surface area contributed by atoms with E-state index in [1.54, 1.807) is 0 Å². The molecule has 0 N–H and O–H groups in total. The highest BCUT2D eigenvalue weighted by atomic mass is 16.5. The Labute approximate surface area is 174 Å². The molecule has 0 aromatic carbocycles. The lowest BCUT2D eigenvalue weighted by atomic mass is 9.81. The van der Waals surface area contributed by atoms with Crippen molar-refractivity contribution in [2.75, 3.05) is 46.3 Å². The Kier molecular flexibility index (Phi) is 8.07. The van der Waals surface area contributed by atoms with Gasteiger partial charge in [-0.1, -0.05) is 32.6 Å². The summed E-state index contributed by atoms with van der Waals surface area (Å²) < 4.78 is 5.80. The number of unbranched alkanes of at least 4 members (excludes halogenated alkanes) is 2. The molecular weight excluding hydrogens is 370 g/mol. The second-order valence-electron chi connectivity index (χ2n) is 8.96. The molecule has 3 atom stereocenters. The first-order valence-corrected chi connectivity index (χ1v) is 11.4. The minimum Gasteiger partial charge on any atom is -0.459 e. The van der Waals surface area contributed by atoms with E-state index in [0.717, 1.165) is 71.1 Å². The van der Waals surface area contributed by atoms with Crippen LogP contribution in [0.1, 0.15) is 58.3 Å². The van der Waals surface area contributed by atoms with Gasteiger partial charge in [-0.3, -0.25) is 24.2 Å². The van der Waals surface area contributed by atoms with E-state index in [-0.39, 0.29) is 36.2 Å². The molecule has 29 heavy (non-hydrogen) atoms. The zero-order chi connectivity index (χ0) is 20.8. The largest absolute Gasteiger partial charge is 0.459 e. The molecule has 3 fully saturated rings. The van der Waals surface area contributed by atoms with Crippen LogP contribution in [0.25, 0.3) is 0 Å². The van der Waals surface area contributed by atoms with Crippen molar-refractivity contribution in [3.05, 3.63) is 0 Å². The van der Waals surface area contributed by atoms with Crippen LogP contribution in [0.2, 0.25) is 0 Å². The molecule has 2 amide bonds. The smallest absolute Gasteiger partial charge is 0.306 e. The highest BCUT2D eigenvalue weighted by Gasteiger charge is 2.48. The molecule has 2 heterocycles. The maximum atomic E-state index is 12.9. The average molecular weight is 408 g/mol. The Bertz CT molecular complexity index is 565. The molecule has 1 saturated carbocycles. The van der Waals surface area contributed by atoms with Crippen LogP contribution in [-0.4, -0.2) is 84.9 Å². The number of likely N-dealkylation sites (tertiary alicyclic amines) is 1. The molecule has 1 aliphatic carbocycles. The van der Waals surface area contributed by atoms with Gasteiger partial charge in [0.25, 0.3) is 0 Å². The van der Waals surface area contributed by atoms with E-state index in [4.69, 9.17) is 4.74 Å². The number of carbonyl (C=O) groups excluding carboxylic acids is 3. The molecule has 3 aliphatic rings. The first-order chi connectivity index (χ1) is 14.0. The fraction of sp³-hybridized carbons (Fsp3) is 0.864. The number of piperazine rings is 1. The van der Waals surface area contributed by atoms with Crippen LogP contribution in [0.4, 0.5) is 0 Å². The summed E-state index contributed by atoms with van der Waals surface area (Å²) in [6.07, 6.45) is 6.50. The van der Waals surface area contributed by atoms with E-state index in [9.17, 15) is 14.4 Å². The quantitative estimate of drug-likeness (QED) is 0.330. The molecule has 0 spiro atoms. The normalized spacial score (nSPS) is 27.2. The zero-order valence-electron chi connectivity index (χ0n) is 18.1. The standard InChI is InChI=1S/C22H37N3O4/c1-3-4-5-10-20(26)29-17(15-24-13-11-23(2)12-14-24)16-25-21(27)18-8-6-7-9-19(18)22(25)28/h17-19H,3-16H2,1-2H3. The van der Waals surface area contributed by atoms with Crippen LogP contribution in [0.15, 0.2) is 0 Å². The monoisotopic (exact) mass is 407 g/mol. The van der Waals surface area contributed by atoms with E-state index >= 15 is 0 Å². The second kappa shape index (κ2) is 10.5. The van der Waals surface area contributed by atoms with Gasteiger partial charge in [0.1, 0.15) is 6.10 Å². The van der Waals surface area contributed by atoms with Crippen LogP contribution in [0.5, 0.6) is 0 Å². The van der Waals surface area contributed by atoms with E-state index in [2.05, 4.69) is 23.8 Å². The van der Waals surface area contributed by atoms with E-state index in [1.165, 1.54) is 4.90 Å². The third-order valence-corrected chi connectivity index (χ3v) is 6.66. The summed E-state index contributed by atoms with van der Waals surface area (Å²) >= 11 is 0. The maximum absolute atomic E-state index is 12.9. The van der Waals surface area contributed by atoms with Gasteiger partial charge in [0.05, 0.1) is 18.4 Å². The molecule has 0 aromatic heterocycles. The Hall–Kier alpha value is -1.47. The van der Waals surface area contributed by atoms with Crippen molar-refractivity contribution >= 4 is 17.8 Å². The summed E-state index contributed by atoms with van der Waals surface area (Å²) in [5.74, 6) is -0.620. The average Bonchev–Trinajstić information content (AvgIpc) is 2.95. The van der Waals surface area contributed by atoms with Crippen molar-refractivity contribution in [1.29, 1.82) is 0 Å². The first-order valence-electron chi connectivity index (χ1n) is 11.4. The summed E-state index contributed by atoms with van der Waals surface area (Å²) in [7, 11) is 2.10. The van der Waals surface area contributed by atoms with Crippen LogP contribution >= 0.6 is 0 Å². The van der Waals surface area contributed by atoms with Gasteiger partial charge in [-0.25, -0.2) is 0 Å². The molecule has 0 bridgehead atoms. The van der Waals surface area contributed by atoms with Crippen molar-refractivity contribution in [2.45, 2.75) is 64.4 Å². The number of fused-ring (bicyclic) bond motifs is 1. The summed E-state index contributed by atoms with van der Waals surface area (Å²) in [6.45, 7) is 6.66. The van der Waals surface area contributed by atoms with E-state index in [0.29, 0.717) is 13.0 Å². The number of rotatable bonds is 9. The van der Waals surface area contributed by atoms with Gasteiger partial charge in [-0.05, 0) is 26.3 Å². The Morgan fingerprint density at radius 1 is 1.00 bits per heavy atom. The van der Waals surface area contributed by atoms with Crippen LogP contribution in [0.3, 0.4) is 0 Å². The highest BCUT2D eigenvalue weighted by Crippen LogP contribution is 2.38.